The molecule has 0 atom stereocenters. The first-order chi connectivity index (χ1) is 9.15. The van der Waals surface area contributed by atoms with Crippen LogP contribution in [0.2, 0.25) is 0 Å². The van der Waals surface area contributed by atoms with Crippen LogP contribution in [0.4, 0.5) is 0 Å². The second-order valence-electron chi connectivity index (χ2n) is 4.17. The lowest BCUT2D eigenvalue weighted by Crippen LogP contribution is -2.23. The maximum absolute atomic E-state index is 10.8. The first kappa shape index (κ1) is 13.3. The van der Waals surface area contributed by atoms with Crippen LogP contribution >= 0.6 is 0 Å². The van der Waals surface area contributed by atoms with Crippen LogP contribution in [0.15, 0.2) is 18.2 Å². The summed E-state index contributed by atoms with van der Waals surface area (Å²) in [4.78, 5) is 10.8. The molecule has 0 bridgehead atoms. The summed E-state index contributed by atoms with van der Waals surface area (Å²) in [5.74, 6) is 0.338. The van der Waals surface area contributed by atoms with Gasteiger partial charge >= 0.3 is 5.97 Å². The van der Waals surface area contributed by atoms with Crippen molar-refractivity contribution >= 4 is 11.7 Å². The molecule has 1 aliphatic rings. The molecule has 5 heteroatoms. The monoisotopic (exact) mass is 263 g/mol. The Hall–Kier alpha value is -2.17. The number of carboxylic acids is 1. The van der Waals surface area contributed by atoms with Crippen molar-refractivity contribution in [3.05, 3.63) is 29.3 Å². The van der Waals surface area contributed by atoms with Gasteiger partial charge in [0.1, 0.15) is 0 Å². The number of benzene rings is 1. The van der Waals surface area contributed by atoms with Gasteiger partial charge in [-0.2, -0.15) is 0 Å². The molecule has 0 aromatic heterocycles. The van der Waals surface area contributed by atoms with Crippen molar-refractivity contribution in [2.45, 2.75) is 13.3 Å². The molecule has 102 valence electrons. The minimum Gasteiger partial charge on any atom is -0.493 e. The van der Waals surface area contributed by atoms with Crippen LogP contribution in [-0.2, 0) is 11.2 Å². The SMILES string of the molecule is CCOc1cc2c(cc1OC)CCN/C2=C\C(=O)O. The Labute approximate surface area is 111 Å². The van der Waals surface area contributed by atoms with E-state index in [0.29, 0.717) is 30.3 Å². The predicted molar refractivity (Wildman–Crippen MR) is 71.5 cm³/mol. The first-order valence-corrected chi connectivity index (χ1v) is 6.18. The molecule has 1 aliphatic heterocycles. The molecule has 0 amide bonds. The van der Waals surface area contributed by atoms with E-state index in [1.165, 1.54) is 6.08 Å². The van der Waals surface area contributed by atoms with Crippen LogP contribution < -0.4 is 14.8 Å². The van der Waals surface area contributed by atoms with Gasteiger partial charge in [-0.25, -0.2) is 4.79 Å². The molecule has 0 unspecified atom stereocenters. The van der Waals surface area contributed by atoms with Gasteiger partial charge in [-0.15, -0.1) is 0 Å². The van der Waals surface area contributed by atoms with Gasteiger partial charge in [-0.1, -0.05) is 0 Å². The fourth-order valence-corrected chi connectivity index (χ4v) is 2.17. The lowest BCUT2D eigenvalue weighted by Gasteiger charge is -2.23. The van der Waals surface area contributed by atoms with Gasteiger partial charge in [0, 0.05) is 23.9 Å². The summed E-state index contributed by atoms with van der Waals surface area (Å²) in [7, 11) is 1.60. The second-order valence-corrected chi connectivity index (χ2v) is 4.17. The smallest absolute Gasteiger partial charge is 0.330 e. The summed E-state index contributed by atoms with van der Waals surface area (Å²) in [5, 5.41) is 12.0. The van der Waals surface area contributed by atoms with Gasteiger partial charge in [0.25, 0.3) is 0 Å². The third kappa shape index (κ3) is 2.81. The Morgan fingerprint density at radius 3 is 2.89 bits per heavy atom. The summed E-state index contributed by atoms with van der Waals surface area (Å²) in [5.41, 5.74) is 2.53. The van der Waals surface area contributed by atoms with Gasteiger partial charge in [0.05, 0.1) is 13.7 Å². The van der Waals surface area contributed by atoms with Gasteiger partial charge in [-0.3, -0.25) is 0 Å². The standard InChI is InChI=1S/C14H17NO4/c1-3-19-13-7-10-9(6-12(13)18-2)4-5-15-11(10)8-14(16)17/h6-8,15H,3-5H2,1-2H3,(H,16,17)/b11-8-. The second kappa shape index (κ2) is 5.65. The summed E-state index contributed by atoms with van der Waals surface area (Å²) in [6.45, 7) is 3.13. The van der Waals surface area contributed by atoms with E-state index in [2.05, 4.69) is 5.32 Å². The van der Waals surface area contributed by atoms with Crippen molar-refractivity contribution in [1.29, 1.82) is 0 Å². The molecule has 0 radical (unpaired) electrons. The molecule has 19 heavy (non-hydrogen) atoms. The number of fused-ring (bicyclic) bond motifs is 1. The number of carboxylic acid groups (broad SMARTS) is 1. The molecule has 0 spiro atoms. The van der Waals surface area contributed by atoms with E-state index in [0.717, 1.165) is 17.5 Å². The van der Waals surface area contributed by atoms with Crippen molar-refractivity contribution < 1.29 is 19.4 Å². The average molecular weight is 263 g/mol. The number of aliphatic carboxylic acids is 1. The van der Waals surface area contributed by atoms with Crippen molar-refractivity contribution in [1.82, 2.24) is 5.32 Å². The number of methoxy groups -OCH3 is 1. The third-order valence-electron chi connectivity index (χ3n) is 2.96. The largest absolute Gasteiger partial charge is 0.493 e. The Morgan fingerprint density at radius 2 is 2.26 bits per heavy atom. The van der Waals surface area contributed by atoms with Crippen molar-refractivity contribution in [2.24, 2.45) is 0 Å². The average Bonchev–Trinajstić information content (AvgIpc) is 2.38. The molecule has 1 aromatic rings. The Balaban J connectivity index is 2.50. The highest BCUT2D eigenvalue weighted by molar-refractivity contribution is 5.90. The van der Waals surface area contributed by atoms with E-state index in [-0.39, 0.29) is 0 Å². The van der Waals surface area contributed by atoms with Gasteiger partial charge < -0.3 is 19.9 Å². The topological polar surface area (TPSA) is 67.8 Å². The fourth-order valence-electron chi connectivity index (χ4n) is 2.17. The number of ether oxygens (including phenoxy) is 2. The summed E-state index contributed by atoms with van der Waals surface area (Å²) in [6.07, 6.45) is 2.01. The van der Waals surface area contributed by atoms with Crippen molar-refractivity contribution in [2.75, 3.05) is 20.3 Å². The van der Waals surface area contributed by atoms with E-state index < -0.39 is 5.97 Å². The molecule has 1 heterocycles. The maximum atomic E-state index is 10.8. The van der Waals surface area contributed by atoms with E-state index in [9.17, 15) is 4.79 Å². The lowest BCUT2D eigenvalue weighted by atomic mass is 9.97. The Bertz CT molecular complexity index is 522. The highest BCUT2D eigenvalue weighted by Crippen LogP contribution is 2.34. The molecular weight excluding hydrogens is 246 g/mol. The van der Waals surface area contributed by atoms with E-state index >= 15 is 0 Å². The van der Waals surface area contributed by atoms with Crippen molar-refractivity contribution in [3.63, 3.8) is 0 Å². The molecule has 0 saturated heterocycles. The number of carbonyl (C=O) groups is 1. The van der Waals surface area contributed by atoms with Crippen LogP contribution in [0.1, 0.15) is 18.1 Å². The van der Waals surface area contributed by atoms with Crippen LogP contribution in [-0.4, -0.2) is 31.3 Å². The minimum atomic E-state index is -0.968. The Kier molecular flexibility index (Phi) is 3.94. The molecule has 0 fully saturated rings. The minimum absolute atomic E-state index is 0.528. The van der Waals surface area contributed by atoms with E-state index in [1.807, 2.05) is 19.1 Å². The summed E-state index contributed by atoms with van der Waals surface area (Å²) < 4.78 is 10.8. The molecule has 2 N–H and O–H groups in total. The molecule has 0 saturated carbocycles. The highest BCUT2D eigenvalue weighted by Gasteiger charge is 2.18. The van der Waals surface area contributed by atoms with Gasteiger partial charge in [0.2, 0.25) is 0 Å². The zero-order valence-electron chi connectivity index (χ0n) is 11.0. The van der Waals surface area contributed by atoms with Gasteiger partial charge in [0.15, 0.2) is 11.5 Å². The quantitative estimate of drug-likeness (QED) is 0.809. The molecule has 5 nitrogen and oxygen atoms in total. The third-order valence-corrected chi connectivity index (χ3v) is 2.96. The van der Waals surface area contributed by atoms with E-state index in [4.69, 9.17) is 14.6 Å². The summed E-state index contributed by atoms with van der Waals surface area (Å²) >= 11 is 0. The van der Waals surface area contributed by atoms with Crippen LogP contribution in [0.5, 0.6) is 11.5 Å². The highest BCUT2D eigenvalue weighted by atomic mass is 16.5. The van der Waals surface area contributed by atoms with Crippen LogP contribution in [0, 0.1) is 0 Å². The zero-order valence-corrected chi connectivity index (χ0v) is 11.0. The molecule has 2 rings (SSSR count). The normalized spacial score (nSPS) is 15.6. The van der Waals surface area contributed by atoms with Crippen LogP contribution in [0.3, 0.4) is 0 Å². The Morgan fingerprint density at radius 1 is 1.47 bits per heavy atom. The van der Waals surface area contributed by atoms with Crippen molar-refractivity contribution in [3.8, 4) is 11.5 Å². The van der Waals surface area contributed by atoms with Crippen LogP contribution in [0.25, 0.3) is 5.70 Å². The maximum Gasteiger partial charge on any atom is 0.330 e. The zero-order chi connectivity index (χ0) is 13.8. The fraction of sp³-hybridized carbons (Fsp3) is 0.357. The molecular formula is C14H17NO4. The molecule has 1 aromatic carbocycles. The predicted octanol–water partition coefficient (Wildman–Crippen LogP) is 1.67. The number of nitrogens with one attached hydrogen (secondary N) is 1. The number of hydrogen-bond donors (Lipinski definition) is 2. The molecule has 0 aliphatic carbocycles. The first-order valence-electron chi connectivity index (χ1n) is 6.18. The number of rotatable bonds is 4. The summed E-state index contributed by atoms with van der Waals surface area (Å²) in [6, 6.07) is 3.75. The number of hydrogen-bond acceptors (Lipinski definition) is 4. The van der Waals surface area contributed by atoms with E-state index in [1.54, 1.807) is 7.11 Å². The van der Waals surface area contributed by atoms with Gasteiger partial charge in [-0.05, 0) is 31.0 Å². The lowest BCUT2D eigenvalue weighted by molar-refractivity contribution is -0.131.